The molecule has 0 spiro atoms. The molecule has 0 amide bonds. The second-order valence-electron chi connectivity index (χ2n) is 5.91. The molecule has 2 N–H and O–H groups in total. The van der Waals surface area contributed by atoms with E-state index < -0.39 is 11.7 Å². The Morgan fingerprint density at radius 2 is 1.70 bits per heavy atom. The highest BCUT2D eigenvalue weighted by molar-refractivity contribution is 8.00. The van der Waals surface area contributed by atoms with Gasteiger partial charge >= 0.3 is 6.18 Å². The lowest BCUT2D eigenvalue weighted by Crippen LogP contribution is -2.21. The first-order valence-corrected chi connectivity index (χ1v) is 7.77. The molecule has 0 aliphatic heterocycles. The van der Waals surface area contributed by atoms with Crippen molar-refractivity contribution in [3.8, 4) is 0 Å². The number of hydrogen-bond acceptors (Lipinski definition) is 2. The second-order valence-corrected chi connectivity index (χ2v) is 7.25. The smallest absolute Gasteiger partial charge is 0.398 e. The van der Waals surface area contributed by atoms with Crippen LogP contribution in [0.2, 0.25) is 0 Å². The molecule has 0 saturated heterocycles. The molecule has 2 atom stereocenters. The van der Waals surface area contributed by atoms with Gasteiger partial charge < -0.3 is 5.73 Å². The predicted molar refractivity (Wildman–Crippen MR) is 77.7 cm³/mol. The molecule has 5 heteroatoms. The van der Waals surface area contributed by atoms with Gasteiger partial charge in [0.25, 0.3) is 0 Å². The van der Waals surface area contributed by atoms with Gasteiger partial charge in [-0.2, -0.15) is 13.2 Å². The monoisotopic (exact) mass is 303 g/mol. The largest absolute Gasteiger partial charge is 0.416 e. The second kappa shape index (κ2) is 5.88. The highest BCUT2D eigenvalue weighted by Crippen LogP contribution is 2.41. The van der Waals surface area contributed by atoms with Crippen LogP contribution >= 0.6 is 11.8 Å². The van der Waals surface area contributed by atoms with Crippen LogP contribution in [0.4, 0.5) is 18.9 Å². The van der Waals surface area contributed by atoms with Crippen molar-refractivity contribution in [1.82, 2.24) is 0 Å². The van der Waals surface area contributed by atoms with Crippen LogP contribution in [0.15, 0.2) is 23.1 Å². The molecular weight excluding hydrogens is 283 g/mol. The van der Waals surface area contributed by atoms with Crippen molar-refractivity contribution in [2.45, 2.75) is 49.4 Å². The van der Waals surface area contributed by atoms with E-state index in [0.717, 1.165) is 29.9 Å². The lowest BCUT2D eigenvalue weighted by molar-refractivity contribution is -0.137. The van der Waals surface area contributed by atoms with Gasteiger partial charge in [-0.15, -0.1) is 11.8 Å². The van der Waals surface area contributed by atoms with Crippen LogP contribution in [0.1, 0.15) is 38.7 Å². The Morgan fingerprint density at radius 1 is 1.10 bits per heavy atom. The van der Waals surface area contributed by atoms with Crippen LogP contribution in [0.25, 0.3) is 0 Å². The Labute approximate surface area is 122 Å². The molecule has 1 aromatic carbocycles. The van der Waals surface area contributed by atoms with Crippen molar-refractivity contribution in [3.63, 3.8) is 0 Å². The van der Waals surface area contributed by atoms with Gasteiger partial charge in [0.05, 0.1) is 5.56 Å². The summed E-state index contributed by atoms with van der Waals surface area (Å²) >= 11 is 1.63. The van der Waals surface area contributed by atoms with Crippen molar-refractivity contribution in [1.29, 1.82) is 0 Å². The minimum atomic E-state index is -4.33. The Morgan fingerprint density at radius 3 is 2.20 bits per heavy atom. The molecule has 0 radical (unpaired) electrons. The highest BCUT2D eigenvalue weighted by Gasteiger charge is 2.31. The topological polar surface area (TPSA) is 26.0 Å². The van der Waals surface area contributed by atoms with Gasteiger partial charge in [-0.25, -0.2) is 0 Å². The average Bonchev–Trinajstić information content (AvgIpc) is 2.29. The summed E-state index contributed by atoms with van der Waals surface area (Å²) < 4.78 is 37.8. The summed E-state index contributed by atoms with van der Waals surface area (Å²) in [6.45, 7) is 4.47. The number of nitrogen functional groups attached to an aromatic ring is 1. The van der Waals surface area contributed by atoms with Gasteiger partial charge in [-0.1, -0.05) is 13.8 Å². The first-order valence-electron chi connectivity index (χ1n) is 6.89. The molecule has 1 nitrogen and oxygen atoms in total. The van der Waals surface area contributed by atoms with Crippen molar-refractivity contribution < 1.29 is 13.2 Å². The van der Waals surface area contributed by atoms with Crippen LogP contribution in [-0.4, -0.2) is 5.25 Å². The fourth-order valence-corrected chi connectivity index (χ4v) is 4.53. The third-order valence-corrected chi connectivity index (χ3v) is 5.11. The van der Waals surface area contributed by atoms with Gasteiger partial charge in [0, 0.05) is 15.8 Å². The molecule has 1 fully saturated rings. The Kier molecular flexibility index (Phi) is 4.57. The first-order chi connectivity index (χ1) is 9.25. The number of nitrogens with two attached hydrogens (primary N) is 1. The average molecular weight is 303 g/mol. The molecule has 0 heterocycles. The Hall–Kier alpha value is -0.840. The summed E-state index contributed by atoms with van der Waals surface area (Å²) in [4.78, 5) is 0.768. The molecule has 112 valence electrons. The summed E-state index contributed by atoms with van der Waals surface area (Å²) in [5.41, 5.74) is 5.34. The normalized spacial score (nSPS) is 27.6. The lowest BCUT2D eigenvalue weighted by atomic mass is 9.83. The number of alkyl halides is 3. The zero-order chi connectivity index (χ0) is 14.9. The summed E-state index contributed by atoms with van der Waals surface area (Å²) in [5, 5.41) is 0.452. The maximum Gasteiger partial charge on any atom is 0.416 e. The summed E-state index contributed by atoms with van der Waals surface area (Å²) in [5.74, 6) is 1.35. The summed E-state index contributed by atoms with van der Waals surface area (Å²) in [7, 11) is 0. The van der Waals surface area contributed by atoms with E-state index in [1.807, 2.05) is 0 Å². The van der Waals surface area contributed by atoms with Crippen LogP contribution in [-0.2, 0) is 6.18 Å². The number of anilines is 1. The number of benzene rings is 1. The summed E-state index contributed by atoms with van der Waals surface area (Å²) in [6, 6.07) is 3.67. The lowest BCUT2D eigenvalue weighted by Gasteiger charge is -2.31. The molecular formula is C15H20F3NS. The van der Waals surface area contributed by atoms with Crippen molar-refractivity contribution >= 4 is 17.4 Å². The van der Waals surface area contributed by atoms with Crippen molar-refractivity contribution in [2.24, 2.45) is 11.8 Å². The van der Waals surface area contributed by atoms with E-state index in [1.165, 1.54) is 12.5 Å². The van der Waals surface area contributed by atoms with Crippen molar-refractivity contribution in [2.75, 3.05) is 5.73 Å². The van der Waals surface area contributed by atoms with E-state index in [1.54, 1.807) is 11.8 Å². The first kappa shape index (κ1) is 15.5. The van der Waals surface area contributed by atoms with Gasteiger partial charge in [-0.05, 0) is 49.3 Å². The van der Waals surface area contributed by atoms with Crippen LogP contribution in [0.3, 0.4) is 0 Å². The Balaban J connectivity index is 2.10. The van der Waals surface area contributed by atoms with E-state index in [9.17, 15) is 13.2 Å². The number of halogens is 3. The maximum atomic E-state index is 12.6. The van der Waals surface area contributed by atoms with Gasteiger partial charge in [-0.3, -0.25) is 0 Å². The van der Waals surface area contributed by atoms with E-state index in [4.69, 9.17) is 5.73 Å². The molecule has 1 aliphatic carbocycles. The number of rotatable bonds is 2. The van der Waals surface area contributed by atoms with E-state index in [2.05, 4.69) is 13.8 Å². The molecule has 1 saturated carbocycles. The van der Waals surface area contributed by atoms with Crippen LogP contribution in [0.5, 0.6) is 0 Å². The van der Waals surface area contributed by atoms with E-state index in [-0.39, 0.29) is 5.69 Å². The molecule has 2 rings (SSSR count). The molecule has 20 heavy (non-hydrogen) atoms. The minimum absolute atomic E-state index is 0.232. The molecule has 2 unspecified atom stereocenters. The predicted octanol–water partition coefficient (Wildman–Crippen LogP) is 5.20. The molecule has 0 bridgehead atoms. The van der Waals surface area contributed by atoms with Gasteiger partial charge in [0.15, 0.2) is 0 Å². The van der Waals surface area contributed by atoms with E-state index in [0.29, 0.717) is 17.1 Å². The SMILES string of the molecule is CC1CC(C)CC(Sc2ccc(C(F)(F)F)cc2N)C1. The quantitative estimate of drug-likeness (QED) is 0.759. The highest BCUT2D eigenvalue weighted by atomic mass is 32.2. The fraction of sp³-hybridized carbons (Fsp3) is 0.600. The fourth-order valence-electron chi connectivity index (χ4n) is 2.98. The zero-order valence-corrected chi connectivity index (χ0v) is 12.5. The molecule has 1 aromatic rings. The van der Waals surface area contributed by atoms with Crippen LogP contribution < -0.4 is 5.73 Å². The van der Waals surface area contributed by atoms with Gasteiger partial charge in [0.2, 0.25) is 0 Å². The molecule has 0 aromatic heterocycles. The van der Waals surface area contributed by atoms with Crippen molar-refractivity contribution in [3.05, 3.63) is 23.8 Å². The number of hydrogen-bond donors (Lipinski definition) is 1. The number of thioether (sulfide) groups is 1. The summed E-state index contributed by atoms with van der Waals surface area (Å²) in [6.07, 6.45) is -0.879. The zero-order valence-electron chi connectivity index (χ0n) is 11.7. The van der Waals surface area contributed by atoms with Gasteiger partial charge in [0.1, 0.15) is 0 Å². The third kappa shape index (κ3) is 3.84. The maximum absolute atomic E-state index is 12.6. The Bertz CT molecular complexity index is 463. The van der Waals surface area contributed by atoms with E-state index >= 15 is 0 Å². The minimum Gasteiger partial charge on any atom is -0.398 e. The third-order valence-electron chi connectivity index (χ3n) is 3.77. The van der Waals surface area contributed by atoms with Crippen LogP contribution in [0, 0.1) is 11.8 Å². The molecule has 1 aliphatic rings. The standard InChI is InChI=1S/C15H20F3NS/c1-9-5-10(2)7-12(6-9)20-14-4-3-11(8-13(14)19)15(16,17)18/h3-4,8-10,12H,5-7,19H2,1-2H3.